The summed E-state index contributed by atoms with van der Waals surface area (Å²) in [6, 6.07) is 15.9. The Hall–Kier alpha value is -2.33. The maximum absolute atomic E-state index is 11.1. The molecule has 0 aliphatic heterocycles. The molecule has 2 aromatic carbocycles. The molecule has 4 nitrogen and oxygen atoms in total. The second-order valence-electron chi connectivity index (χ2n) is 5.71. The highest BCUT2D eigenvalue weighted by molar-refractivity contribution is 5.72. The second kappa shape index (κ2) is 9.08. The highest BCUT2D eigenvalue weighted by Gasteiger charge is 2.17. The van der Waals surface area contributed by atoms with E-state index in [0.29, 0.717) is 19.6 Å². The van der Waals surface area contributed by atoms with Gasteiger partial charge in [0.2, 0.25) is 0 Å². The highest BCUT2D eigenvalue weighted by atomic mass is 16.5. The van der Waals surface area contributed by atoms with Crippen LogP contribution in [-0.2, 0) is 22.4 Å². The van der Waals surface area contributed by atoms with Crippen LogP contribution in [0.3, 0.4) is 0 Å². The lowest BCUT2D eigenvalue weighted by molar-refractivity contribution is -0.149. The van der Waals surface area contributed by atoms with E-state index >= 15 is 0 Å². The van der Waals surface area contributed by atoms with Crippen molar-refractivity contribution in [3.8, 4) is 5.75 Å². The van der Waals surface area contributed by atoms with Gasteiger partial charge in [0.1, 0.15) is 5.75 Å². The second-order valence-corrected chi connectivity index (χ2v) is 5.71. The Bertz CT molecular complexity index is 632. The first-order valence-electron chi connectivity index (χ1n) is 8.20. The third-order valence-corrected chi connectivity index (χ3v) is 3.77. The van der Waals surface area contributed by atoms with Crippen LogP contribution in [0.2, 0.25) is 0 Å². The maximum atomic E-state index is 11.1. The van der Waals surface area contributed by atoms with Crippen molar-refractivity contribution in [3.05, 3.63) is 65.2 Å². The zero-order valence-corrected chi connectivity index (χ0v) is 14.2. The Morgan fingerprint density at radius 2 is 1.67 bits per heavy atom. The molecule has 0 bridgehead atoms. The normalized spacial score (nSPS) is 11.9. The topological polar surface area (TPSA) is 55.8 Å². The van der Waals surface area contributed by atoms with E-state index in [4.69, 9.17) is 14.6 Å². The Labute approximate surface area is 143 Å². The molecule has 1 N–H and O–H groups in total. The van der Waals surface area contributed by atoms with Crippen molar-refractivity contribution < 1.29 is 19.4 Å². The van der Waals surface area contributed by atoms with Crippen molar-refractivity contribution in [3.63, 3.8) is 0 Å². The van der Waals surface area contributed by atoms with Crippen LogP contribution in [0.5, 0.6) is 5.75 Å². The SMILES string of the molecule is CCO[C@@H](Cc1ccc(OCCc2ccc(C)cc2)cc1)C(=O)O. The fourth-order valence-electron chi connectivity index (χ4n) is 2.40. The number of ether oxygens (including phenoxy) is 2. The van der Waals surface area contributed by atoms with Gasteiger partial charge in [0.15, 0.2) is 6.10 Å². The molecule has 0 aliphatic rings. The van der Waals surface area contributed by atoms with Gasteiger partial charge in [0.05, 0.1) is 6.61 Å². The Morgan fingerprint density at radius 1 is 1.04 bits per heavy atom. The zero-order chi connectivity index (χ0) is 17.4. The lowest BCUT2D eigenvalue weighted by atomic mass is 10.1. The van der Waals surface area contributed by atoms with E-state index in [-0.39, 0.29) is 0 Å². The minimum absolute atomic E-state index is 0.354. The van der Waals surface area contributed by atoms with Gasteiger partial charge in [-0.15, -0.1) is 0 Å². The van der Waals surface area contributed by atoms with Crippen molar-refractivity contribution in [1.82, 2.24) is 0 Å². The van der Waals surface area contributed by atoms with E-state index in [1.54, 1.807) is 6.92 Å². The average Bonchev–Trinajstić information content (AvgIpc) is 2.57. The number of aryl methyl sites for hydroxylation is 1. The smallest absolute Gasteiger partial charge is 0.333 e. The van der Waals surface area contributed by atoms with Gasteiger partial charge in [-0.2, -0.15) is 0 Å². The van der Waals surface area contributed by atoms with E-state index in [1.165, 1.54) is 11.1 Å². The number of carbonyl (C=O) groups is 1. The first kappa shape index (κ1) is 18.0. The summed E-state index contributed by atoms with van der Waals surface area (Å²) in [5, 5.41) is 9.11. The van der Waals surface area contributed by atoms with Crippen LogP contribution in [0.25, 0.3) is 0 Å². The largest absolute Gasteiger partial charge is 0.493 e. The summed E-state index contributed by atoms with van der Waals surface area (Å²) >= 11 is 0. The molecule has 0 fully saturated rings. The summed E-state index contributed by atoms with van der Waals surface area (Å²) < 4.78 is 11.0. The number of carboxylic acids is 1. The van der Waals surface area contributed by atoms with Gasteiger partial charge in [-0.3, -0.25) is 0 Å². The van der Waals surface area contributed by atoms with Crippen LogP contribution in [0.4, 0.5) is 0 Å². The molecule has 0 amide bonds. The molecule has 4 heteroatoms. The van der Waals surface area contributed by atoms with E-state index < -0.39 is 12.1 Å². The lowest BCUT2D eigenvalue weighted by Crippen LogP contribution is -2.26. The molecular weight excluding hydrogens is 304 g/mol. The molecule has 0 aromatic heterocycles. The van der Waals surface area contributed by atoms with Crippen LogP contribution >= 0.6 is 0 Å². The predicted octanol–water partition coefficient (Wildman–Crippen LogP) is 3.65. The fraction of sp³-hybridized carbons (Fsp3) is 0.350. The summed E-state index contributed by atoms with van der Waals surface area (Å²) in [4.78, 5) is 11.1. The van der Waals surface area contributed by atoms with Crippen molar-refractivity contribution in [1.29, 1.82) is 0 Å². The molecule has 0 heterocycles. The molecule has 0 spiro atoms. The number of carboxylic acid groups (broad SMARTS) is 1. The van der Waals surface area contributed by atoms with Gasteiger partial charge in [0.25, 0.3) is 0 Å². The zero-order valence-electron chi connectivity index (χ0n) is 14.2. The standard InChI is InChI=1S/C20H24O4/c1-3-23-19(20(21)22)14-17-8-10-18(11-9-17)24-13-12-16-6-4-15(2)5-7-16/h4-11,19H,3,12-14H2,1-2H3,(H,21,22)/t19-/m0/s1. The minimum atomic E-state index is -0.935. The third-order valence-electron chi connectivity index (χ3n) is 3.77. The van der Waals surface area contributed by atoms with E-state index in [1.807, 2.05) is 24.3 Å². The quantitative estimate of drug-likeness (QED) is 0.763. The first-order chi connectivity index (χ1) is 11.6. The monoisotopic (exact) mass is 328 g/mol. The Morgan fingerprint density at radius 3 is 2.25 bits per heavy atom. The van der Waals surface area contributed by atoms with E-state index in [2.05, 4.69) is 31.2 Å². The van der Waals surface area contributed by atoms with Crippen LogP contribution in [0.15, 0.2) is 48.5 Å². The molecule has 2 rings (SSSR count). The molecule has 0 unspecified atom stereocenters. The fourth-order valence-corrected chi connectivity index (χ4v) is 2.40. The van der Waals surface area contributed by atoms with Crippen LogP contribution in [-0.4, -0.2) is 30.4 Å². The van der Waals surface area contributed by atoms with Crippen LogP contribution in [0, 0.1) is 6.92 Å². The predicted molar refractivity (Wildman–Crippen MR) is 93.6 cm³/mol. The van der Waals surface area contributed by atoms with Gasteiger partial charge in [-0.25, -0.2) is 4.79 Å². The number of hydrogen-bond donors (Lipinski definition) is 1. The van der Waals surface area contributed by atoms with Gasteiger partial charge >= 0.3 is 5.97 Å². The molecular formula is C20H24O4. The summed E-state index contributed by atoms with van der Waals surface area (Å²) in [6.07, 6.45) is 0.406. The van der Waals surface area contributed by atoms with Crippen LogP contribution < -0.4 is 4.74 Å². The number of aliphatic carboxylic acids is 1. The van der Waals surface area contributed by atoms with E-state index in [0.717, 1.165) is 17.7 Å². The van der Waals surface area contributed by atoms with Crippen molar-refractivity contribution in [2.45, 2.75) is 32.8 Å². The Balaban J connectivity index is 1.83. The van der Waals surface area contributed by atoms with Crippen LogP contribution in [0.1, 0.15) is 23.6 Å². The molecule has 2 aromatic rings. The van der Waals surface area contributed by atoms with E-state index in [9.17, 15) is 4.79 Å². The third kappa shape index (κ3) is 5.70. The summed E-state index contributed by atoms with van der Waals surface area (Å²) in [5.74, 6) is -0.149. The molecule has 0 saturated carbocycles. The van der Waals surface area contributed by atoms with Crippen molar-refractivity contribution in [2.75, 3.05) is 13.2 Å². The van der Waals surface area contributed by atoms with Gasteiger partial charge in [-0.1, -0.05) is 42.0 Å². The van der Waals surface area contributed by atoms with Crippen molar-refractivity contribution >= 4 is 5.97 Å². The summed E-state index contributed by atoms with van der Waals surface area (Å²) in [5.41, 5.74) is 3.42. The molecule has 128 valence electrons. The Kier molecular flexibility index (Phi) is 6.82. The maximum Gasteiger partial charge on any atom is 0.333 e. The minimum Gasteiger partial charge on any atom is -0.493 e. The van der Waals surface area contributed by atoms with Crippen molar-refractivity contribution in [2.24, 2.45) is 0 Å². The van der Waals surface area contributed by atoms with Gasteiger partial charge < -0.3 is 14.6 Å². The molecule has 0 saturated heterocycles. The average molecular weight is 328 g/mol. The highest BCUT2D eigenvalue weighted by Crippen LogP contribution is 2.15. The van der Waals surface area contributed by atoms with Gasteiger partial charge in [0, 0.05) is 19.4 Å². The molecule has 24 heavy (non-hydrogen) atoms. The summed E-state index contributed by atoms with van der Waals surface area (Å²) in [7, 11) is 0. The number of rotatable bonds is 9. The first-order valence-corrected chi connectivity index (χ1v) is 8.20. The lowest BCUT2D eigenvalue weighted by Gasteiger charge is -2.13. The molecule has 0 aliphatic carbocycles. The molecule has 0 radical (unpaired) electrons. The number of benzene rings is 2. The van der Waals surface area contributed by atoms with Gasteiger partial charge in [-0.05, 0) is 37.1 Å². The summed E-state index contributed by atoms with van der Waals surface area (Å²) in [6.45, 7) is 4.86. The molecule has 1 atom stereocenters. The number of hydrogen-bond acceptors (Lipinski definition) is 3.